The summed E-state index contributed by atoms with van der Waals surface area (Å²) < 4.78 is 1.25. The van der Waals surface area contributed by atoms with Gasteiger partial charge in [-0.2, -0.15) is 0 Å². The Morgan fingerprint density at radius 3 is 2.00 bits per heavy atom. The van der Waals surface area contributed by atoms with Gasteiger partial charge in [-0.1, -0.05) is 24.3 Å². The molecule has 0 aliphatic rings. The van der Waals surface area contributed by atoms with Gasteiger partial charge in [0.15, 0.2) is 0 Å². The standard InChI is InChI=1S/C15H15IO/c1-10-7-13(8-11(2)15(10)17)9-12-3-5-14(16)6-4-12/h3-8,17H,9H2,1-2H3. The monoisotopic (exact) mass is 338 g/mol. The van der Waals surface area contributed by atoms with E-state index in [0.29, 0.717) is 5.75 Å². The molecule has 0 aliphatic heterocycles. The Balaban J connectivity index is 2.27. The van der Waals surface area contributed by atoms with Gasteiger partial charge < -0.3 is 5.11 Å². The summed E-state index contributed by atoms with van der Waals surface area (Å²) in [5, 5.41) is 9.73. The van der Waals surface area contributed by atoms with Gasteiger partial charge in [0.25, 0.3) is 0 Å². The van der Waals surface area contributed by atoms with Crippen LogP contribution >= 0.6 is 22.6 Å². The molecule has 2 rings (SSSR count). The van der Waals surface area contributed by atoms with Gasteiger partial charge in [-0.3, -0.25) is 0 Å². The maximum atomic E-state index is 9.73. The Bertz CT molecular complexity index is 506. The summed E-state index contributed by atoms with van der Waals surface area (Å²) in [7, 11) is 0. The molecule has 0 heterocycles. The van der Waals surface area contributed by atoms with Gasteiger partial charge >= 0.3 is 0 Å². The van der Waals surface area contributed by atoms with E-state index in [9.17, 15) is 5.11 Å². The molecule has 0 fully saturated rings. The quantitative estimate of drug-likeness (QED) is 0.814. The van der Waals surface area contributed by atoms with Crippen molar-refractivity contribution in [2.75, 3.05) is 0 Å². The van der Waals surface area contributed by atoms with Crippen molar-refractivity contribution in [3.8, 4) is 5.75 Å². The number of hydrogen-bond donors (Lipinski definition) is 1. The third kappa shape index (κ3) is 3.00. The summed E-state index contributed by atoms with van der Waals surface area (Å²) in [5.74, 6) is 0.413. The van der Waals surface area contributed by atoms with E-state index in [1.54, 1.807) is 0 Å². The predicted octanol–water partition coefficient (Wildman–Crippen LogP) is 4.20. The number of aromatic hydroxyl groups is 1. The summed E-state index contributed by atoms with van der Waals surface area (Å²) in [6.45, 7) is 3.89. The van der Waals surface area contributed by atoms with Crippen molar-refractivity contribution in [2.24, 2.45) is 0 Å². The normalized spacial score (nSPS) is 10.5. The van der Waals surface area contributed by atoms with E-state index < -0.39 is 0 Å². The SMILES string of the molecule is Cc1cc(Cc2ccc(I)cc2)cc(C)c1O. The van der Waals surface area contributed by atoms with E-state index in [0.717, 1.165) is 17.5 Å². The fourth-order valence-corrected chi connectivity index (χ4v) is 2.35. The maximum Gasteiger partial charge on any atom is 0.121 e. The highest BCUT2D eigenvalue weighted by Gasteiger charge is 2.04. The lowest BCUT2D eigenvalue weighted by atomic mass is 10.00. The van der Waals surface area contributed by atoms with Gasteiger partial charge in [-0.15, -0.1) is 0 Å². The Morgan fingerprint density at radius 2 is 1.47 bits per heavy atom. The average Bonchev–Trinajstić information content (AvgIpc) is 2.29. The Hall–Kier alpha value is -1.03. The highest BCUT2D eigenvalue weighted by atomic mass is 127. The Labute approximate surface area is 116 Å². The number of phenols is 1. The van der Waals surface area contributed by atoms with Crippen LogP contribution < -0.4 is 0 Å². The van der Waals surface area contributed by atoms with Crippen molar-refractivity contribution in [3.63, 3.8) is 0 Å². The van der Waals surface area contributed by atoms with Gasteiger partial charge in [0, 0.05) is 3.57 Å². The highest BCUT2D eigenvalue weighted by Crippen LogP contribution is 2.24. The zero-order valence-corrected chi connectivity index (χ0v) is 12.2. The molecule has 2 aromatic carbocycles. The third-order valence-corrected chi connectivity index (χ3v) is 3.59. The highest BCUT2D eigenvalue weighted by molar-refractivity contribution is 14.1. The molecule has 17 heavy (non-hydrogen) atoms. The van der Waals surface area contributed by atoms with Crippen molar-refractivity contribution < 1.29 is 5.11 Å². The number of aryl methyl sites for hydroxylation is 2. The van der Waals surface area contributed by atoms with E-state index in [-0.39, 0.29) is 0 Å². The second kappa shape index (κ2) is 5.08. The molecule has 0 radical (unpaired) electrons. The van der Waals surface area contributed by atoms with Gasteiger partial charge in [-0.25, -0.2) is 0 Å². The minimum atomic E-state index is 0.413. The molecule has 0 spiro atoms. The molecule has 0 bridgehead atoms. The van der Waals surface area contributed by atoms with Crippen molar-refractivity contribution >= 4 is 22.6 Å². The van der Waals surface area contributed by atoms with Crippen LogP contribution in [0.2, 0.25) is 0 Å². The molecule has 0 aromatic heterocycles. The lowest BCUT2D eigenvalue weighted by Crippen LogP contribution is -1.91. The first-order valence-electron chi connectivity index (χ1n) is 5.60. The average molecular weight is 338 g/mol. The molecule has 2 aromatic rings. The van der Waals surface area contributed by atoms with Crippen LogP contribution in [0.15, 0.2) is 36.4 Å². The van der Waals surface area contributed by atoms with Gasteiger partial charge in [0.1, 0.15) is 5.75 Å². The van der Waals surface area contributed by atoms with Gasteiger partial charge in [0.2, 0.25) is 0 Å². The first-order valence-corrected chi connectivity index (χ1v) is 6.67. The minimum Gasteiger partial charge on any atom is -0.507 e. The van der Waals surface area contributed by atoms with Crippen molar-refractivity contribution in [1.29, 1.82) is 0 Å². The lowest BCUT2D eigenvalue weighted by molar-refractivity contribution is 0.466. The van der Waals surface area contributed by atoms with Crippen molar-refractivity contribution in [1.82, 2.24) is 0 Å². The minimum absolute atomic E-state index is 0.413. The zero-order chi connectivity index (χ0) is 12.4. The largest absolute Gasteiger partial charge is 0.507 e. The molecule has 0 amide bonds. The first-order chi connectivity index (χ1) is 8.06. The number of benzene rings is 2. The van der Waals surface area contributed by atoms with E-state index >= 15 is 0 Å². The number of halogens is 1. The molecule has 0 saturated carbocycles. The van der Waals surface area contributed by atoms with E-state index in [2.05, 4.69) is 59.0 Å². The van der Waals surface area contributed by atoms with Crippen LogP contribution in [0.4, 0.5) is 0 Å². The van der Waals surface area contributed by atoms with Crippen molar-refractivity contribution in [2.45, 2.75) is 20.3 Å². The second-order valence-corrected chi connectivity index (χ2v) is 5.63. The van der Waals surface area contributed by atoms with Crippen LogP contribution in [-0.4, -0.2) is 5.11 Å². The molecule has 88 valence electrons. The predicted molar refractivity (Wildman–Crippen MR) is 79.5 cm³/mol. The third-order valence-electron chi connectivity index (χ3n) is 2.87. The fourth-order valence-electron chi connectivity index (χ4n) is 1.99. The van der Waals surface area contributed by atoms with Crippen LogP contribution in [0.5, 0.6) is 5.75 Å². The maximum absolute atomic E-state index is 9.73. The summed E-state index contributed by atoms with van der Waals surface area (Å²) in [5.41, 5.74) is 4.45. The van der Waals surface area contributed by atoms with Crippen LogP contribution in [0, 0.1) is 17.4 Å². The fraction of sp³-hybridized carbons (Fsp3) is 0.200. The smallest absolute Gasteiger partial charge is 0.121 e. The molecule has 2 heteroatoms. The molecule has 0 atom stereocenters. The van der Waals surface area contributed by atoms with E-state index in [4.69, 9.17) is 0 Å². The molecule has 0 aliphatic carbocycles. The van der Waals surface area contributed by atoms with Crippen LogP contribution in [-0.2, 0) is 6.42 Å². The van der Waals surface area contributed by atoms with Crippen LogP contribution in [0.25, 0.3) is 0 Å². The Morgan fingerprint density at radius 1 is 0.941 bits per heavy atom. The first kappa shape index (κ1) is 12.4. The number of rotatable bonds is 2. The van der Waals surface area contributed by atoms with Crippen LogP contribution in [0.3, 0.4) is 0 Å². The van der Waals surface area contributed by atoms with E-state index in [1.807, 2.05) is 13.8 Å². The van der Waals surface area contributed by atoms with Gasteiger partial charge in [-0.05, 0) is 77.2 Å². The van der Waals surface area contributed by atoms with E-state index in [1.165, 1.54) is 14.7 Å². The summed E-state index contributed by atoms with van der Waals surface area (Å²) in [4.78, 5) is 0. The molecule has 1 N–H and O–H groups in total. The molecular formula is C15H15IO. The number of hydrogen-bond acceptors (Lipinski definition) is 1. The zero-order valence-electron chi connectivity index (χ0n) is 10.00. The lowest BCUT2D eigenvalue weighted by Gasteiger charge is -2.08. The molecule has 0 saturated heterocycles. The summed E-state index contributed by atoms with van der Waals surface area (Å²) in [6.07, 6.45) is 0.916. The second-order valence-electron chi connectivity index (χ2n) is 4.38. The van der Waals surface area contributed by atoms with Gasteiger partial charge in [0.05, 0.1) is 0 Å². The van der Waals surface area contributed by atoms with Crippen molar-refractivity contribution in [3.05, 3.63) is 62.2 Å². The summed E-state index contributed by atoms with van der Waals surface area (Å²) in [6, 6.07) is 12.7. The number of phenolic OH excluding ortho intramolecular Hbond substituents is 1. The molecular weight excluding hydrogens is 323 g/mol. The summed E-state index contributed by atoms with van der Waals surface area (Å²) >= 11 is 2.31. The van der Waals surface area contributed by atoms with Crippen LogP contribution in [0.1, 0.15) is 22.3 Å². The topological polar surface area (TPSA) is 20.2 Å². The molecule has 1 nitrogen and oxygen atoms in total. The molecule has 0 unspecified atom stereocenters. The Kier molecular flexibility index (Phi) is 3.72.